The van der Waals surface area contributed by atoms with Gasteiger partial charge in [0.1, 0.15) is 11.4 Å². The van der Waals surface area contributed by atoms with Gasteiger partial charge in [0.05, 0.1) is 5.56 Å². The topological polar surface area (TPSA) is 108 Å². The molecule has 0 radical (unpaired) electrons. The van der Waals surface area contributed by atoms with E-state index in [1.165, 1.54) is 0 Å². The van der Waals surface area contributed by atoms with Crippen LogP contribution in [0, 0.1) is 0 Å². The second kappa shape index (κ2) is 6.37. The second-order valence-corrected chi connectivity index (χ2v) is 7.87. The molecule has 3 aromatic rings. The molecule has 2 aliphatic rings. The first-order valence-electron chi connectivity index (χ1n) is 9.78. The van der Waals surface area contributed by atoms with Gasteiger partial charge in [-0.2, -0.15) is 0 Å². The molecule has 2 N–H and O–H groups in total. The number of rotatable bonds is 2. The van der Waals surface area contributed by atoms with Crippen LogP contribution in [-0.2, 0) is 16.9 Å². The van der Waals surface area contributed by atoms with E-state index < -0.39 is 5.60 Å². The van der Waals surface area contributed by atoms with Crippen LogP contribution in [0.2, 0.25) is 0 Å². The Labute approximate surface area is 163 Å². The smallest absolute Gasteiger partial charge is 0.219 e. The van der Waals surface area contributed by atoms with Crippen molar-refractivity contribution in [3.63, 3.8) is 0 Å². The number of nitrogens with two attached hydrogens (primary N) is 1. The summed E-state index contributed by atoms with van der Waals surface area (Å²) in [7, 11) is 0. The fourth-order valence-electron chi connectivity index (χ4n) is 4.00. The molecule has 0 spiro atoms. The molecule has 2 aliphatic heterocycles. The van der Waals surface area contributed by atoms with Gasteiger partial charge in [0.2, 0.25) is 5.95 Å². The van der Waals surface area contributed by atoms with E-state index in [0.29, 0.717) is 12.4 Å². The summed E-state index contributed by atoms with van der Waals surface area (Å²) in [4.78, 5) is 25.2. The lowest BCUT2D eigenvalue weighted by molar-refractivity contribution is -0.0219. The van der Waals surface area contributed by atoms with Gasteiger partial charge in [-0.05, 0) is 33.1 Å². The summed E-state index contributed by atoms with van der Waals surface area (Å²) in [6, 6.07) is 0. The molecule has 0 atom stereocenters. The van der Waals surface area contributed by atoms with E-state index in [0.717, 1.165) is 67.3 Å². The van der Waals surface area contributed by atoms with Crippen molar-refractivity contribution in [2.24, 2.45) is 0 Å². The van der Waals surface area contributed by atoms with Crippen LogP contribution in [0.1, 0.15) is 38.9 Å². The minimum atomic E-state index is -0.468. The molecule has 0 bridgehead atoms. The normalized spacial score (nSPS) is 19.0. The van der Waals surface area contributed by atoms with Crippen LogP contribution in [0.15, 0.2) is 12.4 Å². The van der Waals surface area contributed by atoms with Crippen molar-refractivity contribution in [1.82, 2.24) is 29.5 Å². The number of ether oxygens (including phenoxy) is 1. The molecule has 9 nitrogen and oxygen atoms in total. The third kappa shape index (κ3) is 2.77. The minimum absolute atomic E-state index is 0.238. The van der Waals surface area contributed by atoms with Crippen molar-refractivity contribution in [3.8, 4) is 11.4 Å². The van der Waals surface area contributed by atoms with Gasteiger partial charge >= 0.3 is 0 Å². The minimum Gasteiger partial charge on any atom is -0.368 e. The van der Waals surface area contributed by atoms with Crippen molar-refractivity contribution in [3.05, 3.63) is 18.2 Å². The largest absolute Gasteiger partial charge is 0.368 e. The van der Waals surface area contributed by atoms with Gasteiger partial charge in [-0.1, -0.05) is 0 Å². The maximum atomic E-state index is 6.06. The third-order valence-electron chi connectivity index (χ3n) is 5.44. The van der Waals surface area contributed by atoms with Crippen molar-refractivity contribution in [2.45, 2.75) is 45.3 Å². The van der Waals surface area contributed by atoms with E-state index in [1.807, 2.05) is 0 Å². The highest BCUT2D eigenvalue weighted by molar-refractivity contribution is 5.86. The van der Waals surface area contributed by atoms with Gasteiger partial charge in [0, 0.05) is 38.6 Å². The Balaban J connectivity index is 1.76. The lowest BCUT2D eigenvalue weighted by atomic mass is 10.1. The Morgan fingerprint density at radius 3 is 2.50 bits per heavy atom. The third-order valence-corrected chi connectivity index (χ3v) is 5.44. The van der Waals surface area contributed by atoms with E-state index >= 15 is 0 Å². The highest BCUT2D eigenvalue weighted by atomic mass is 16.5. The SMILES string of the molecule is CC1(C)OCCCn2c1nc1c(N3CCCC3)nc(-c3cnc(N)nc3)nc12. The first kappa shape index (κ1) is 17.3. The number of anilines is 2. The molecule has 3 aromatic heterocycles. The number of aryl methyl sites for hydroxylation is 1. The summed E-state index contributed by atoms with van der Waals surface area (Å²) in [5.74, 6) is 2.62. The molecule has 0 saturated carbocycles. The molecule has 28 heavy (non-hydrogen) atoms. The zero-order chi connectivity index (χ0) is 19.3. The Morgan fingerprint density at radius 1 is 1.00 bits per heavy atom. The standard InChI is InChI=1S/C19H24N8O/c1-19(2)17-23-13-15(26-6-3-4-7-26)24-14(12-10-21-18(20)22-11-12)25-16(13)27(17)8-5-9-28-19/h10-11H,3-9H2,1-2H3,(H2,20,21,22). The first-order chi connectivity index (χ1) is 13.5. The summed E-state index contributed by atoms with van der Waals surface area (Å²) in [6.07, 6.45) is 6.58. The van der Waals surface area contributed by atoms with Crippen molar-refractivity contribution in [2.75, 3.05) is 30.3 Å². The molecular formula is C19H24N8O. The van der Waals surface area contributed by atoms with E-state index in [1.54, 1.807) is 12.4 Å². The first-order valence-corrected chi connectivity index (χ1v) is 9.78. The van der Waals surface area contributed by atoms with Crippen molar-refractivity contribution < 1.29 is 4.74 Å². The van der Waals surface area contributed by atoms with Crippen LogP contribution in [0.4, 0.5) is 11.8 Å². The summed E-state index contributed by atoms with van der Waals surface area (Å²) < 4.78 is 8.25. The molecular weight excluding hydrogens is 356 g/mol. The molecule has 1 fully saturated rings. The molecule has 5 heterocycles. The van der Waals surface area contributed by atoms with E-state index in [-0.39, 0.29) is 5.95 Å². The quantitative estimate of drug-likeness (QED) is 0.720. The molecule has 0 unspecified atom stereocenters. The number of hydrogen-bond acceptors (Lipinski definition) is 8. The maximum absolute atomic E-state index is 6.06. The molecule has 1 saturated heterocycles. The Bertz CT molecular complexity index is 1020. The Morgan fingerprint density at radius 2 is 1.75 bits per heavy atom. The van der Waals surface area contributed by atoms with E-state index in [9.17, 15) is 0 Å². The molecule has 5 rings (SSSR count). The summed E-state index contributed by atoms with van der Waals surface area (Å²) in [5, 5.41) is 0. The predicted octanol–water partition coefficient (Wildman–Crippen LogP) is 2.12. The highest BCUT2D eigenvalue weighted by Crippen LogP contribution is 2.35. The molecule has 0 aromatic carbocycles. The van der Waals surface area contributed by atoms with E-state index in [2.05, 4.69) is 33.3 Å². The summed E-state index contributed by atoms with van der Waals surface area (Å²) in [6.45, 7) is 7.61. The van der Waals surface area contributed by atoms with Crippen LogP contribution >= 0.6 is 0 Å². The summed E-state index contributed by atoms with van der Waals surface area (Å²) in [5.41, 5.74) is 7.61. The fourth-order valence-corrected chi connectivity index (χ4v) is 4.00. The van der Waals surface area contributed by atoms with Gasteiger partial charge in [-0.3, -0.25) is 0 Å². The van der Waals surface area contributed by atoms with Crippen LogP contribution in [0.5, 0.6) is 0 Å². The van der Waals surface area contributed by atoms with Crippen LogP contribution in [0.25, 0.3) is 22.6 Å². The average Bonchev–Trinajstić information content (AvgIpc) is 3.31. The molecule has 9 heteroatoms. The lowest BCUT2D eigenvalue weighted by Crippen LogP contribution is -2.24. The van der Waals surface area contributed by atoms with Crippen LogP contribution in [0.3, 0.4) is 0 Å². The lowest BCUT2D eigenvalue weighted by Gasteiger charge is -2.22. The van der Waals surface area contributed by atoms with E-state index in [4.69, 9.17) is 25.4 Å². The van der Waals surface area contributed by atoms with Crippen molar-refractivity contribution in [1.29, 1.82) is 0 Å². The Kier molecular flexibility index (Phi) is 3.94. The summed E-state index contributed by atoms with van der Waals surface area (Å²) >= 11 is 0. The molecule has 0 amide bonds. The van der Waals surface area contributed by atoms with Gasteiger partial charge < -0.3 is 19.9 Å². The van der Waals surface area contributed by atoms with Crippen molar-refractivity contribution >= 4 is 22.9 Å². The second-order valence-electron chi connectivity index (χ2n) is 7.87. The average molecular weight is 380 g/mol. The monoisotopic (exact) mass is 380 g/mol. The number of nitrogens with zero attached hydrogens (tertiary/aromatic N) is 7. The van der Waals surface area contributed by atoms with Gasteiger partial charge in [-0.25, -0.2) is 24.9 Å². The zero-order valence-corrected chi connectivity index (χ0v) is 16.2. The highest BCUT2D eigenvalue weighted by Gasteiger charge is 2.33. The maximum Gasteiger partial charge on any atom is 0.219 e. The zero-order valence-electron chi connectivity index (χ0n) is 16.2. The molecule has 0 aliphatic carbocycles. The number of aromatic nitrogens is 6. The van der Waals surface area contributed by atoms with Crippen LogP contribution in [-0.4, -0.2) is 49.2 Å². The number of nitrogen functional groups attached to an aromatic ring is 1. The van der Waals surface area contributed by atoms with Crippen LogP contribution < -0.4 is 10.6 Å². The van der Waals surface area contributed by atoms with Gasteiger partial charge in [-0.15, -0.1) is 0 Å². The predicted molar refractivity (Wildman–Crippen MR) is 106 cm³/mol. The number of fused-ring (bicyclic) bond motifs is 3. The van der Waals surface area contributed by atoms with Gasteiger partial charge in [0.25, 0.3) is 0 Å². The number of hydrogen-bond donors (Lipinski definition) is 1. The fraction of sp³-hybridized carbons (Fsp3) is 0.526. The van der Waals surface area contributed by atoms with Gasteiger partial charge in [0.15, 0.2) is 22.8 Å². The Hall–Kier alpha value is -2.81. The molecule has 146 valence electrons. The number of imidazole rings is 1.